The second kappa shape index (κ2) is 6.86. The molecule has 82 valence electrons. The fraction of sp³-hybridized carbons (Fsp3) is 0.833. The molecule has 0 aliphatic rings. The zero-order valence-corrected chi connectivity index (χ0v) is 10.1. The lowest BCUT2D eigenvalue weighted by molar-refractivity contribution is -0.0116. The second-order valence-electron chi connectivity index (χ2n) is 3.88. The van der Waals surface area contributed by atoms with E-state index in [1.165, 1.54) is 0 Å². The lowest BCUT2D eigenvalue weighted by Gasteiger charge is -2.33. The van der Waals surface area contributed by atoms with Crippen LogP contribution >= 0.6 is 0 Å². The Bertz CT molecular complexity index is 200. The van der Waals surface area contributed by atoms with E-state index in [1.54, 1.807) is 7.11 Å². The lowest BCUT2D eigenvalue weighted by Crippen LogP contribution is -2.47. The van der Waals surface area contributed by atoms with Gasteiger partial charge in [0.25, 0.3) is 0 Å². The predicted octanol–water partition coefficient (Wildman–Crippen LogP) is 2.19. The van der Waals surface area contributed by atoms with E-state index in [4.69, 9.17) is 4.74 Å². The van der Waals surface area contributed by atoms with Crippen LogP contribution in [0.4, 0.5) is 0 Å². The van der Waals surface area contributed by atoms with E-state index in [0.29, 0.717) is 6.04 Å². The monoisotopic (exact) mass is 197 g/mol. The van der Waals surface area contributed by atoms with Gasteiger partial charge in [-0.2, -0.15) is 0 Å². The molecule has 0 radical (unpaired) electrons. The zero-order valence-electron chi connectivity index (χ0n) is 10.1. The summed E-state index contributed by atoms with van der Waals surface area (Å²) in [5, 5.41) is 3.44. The first-order valence-corrected chi connectivity index (χ1v) is 5.26. The van der Waals surface area contributed by atoms with Gasteiger partial charge in [0.1, 0.15) is 0 Å². The van der Waals surface area contributed by atoms with Crippen molar-refractivity contribution in [2.45, 2.75) is 52.2 Å². The average Bonchev–Trinajstić information content (AvgIpc) is 2.17. The third kappa shape index (κ3) is 4.64. The molecule has 0 saturated heterocycles. The van der Waals surface area contributed by atoms with Gasteiger partial charge >= 0.3 is 0 Å². The highest BCUT2D eigenvalue weighted by molar-refractivity contribution is 4.97. The number of hydrogen-bond acceptors (Lipinski definition) is 2. The molecule has 0 fully saturated rings. The van der Waals surface area contributed by atoms with Crippen LogP contribution in [0, 0.1) is 11.8 Å². The van der Waals surface area contributed by atoms with Crippen molar-refractivity contribution in [2.24, 2.45) is 0 Å². The zero-order chi connectivity index (χ0) is 11.0. The van der Waals surface area contributed by atoms with Crippen molar-refractivity contribution in [2.75, 3.05) is 13.7 Å². The van der Waals surface area contributed by atoms with Crippen LogP contribution in [0.25, 0.3) is 0 Å². The maximum atomic E-state index is 5.47. The highest BCUT2D eigenvalue weighted by atomic mass is 16.5. The summed E-state index contributed by atoms with van der Waals surface area (Å²) in [6.45, 7) is 9.18. The normalized spacial score (nSPS) is 13.2. The fourth-order valence-corrected chi connectivity index (χ4v) is 1.43. The highest BCUT2D eigenvalue weighted by Crippen LogP contribution is 2.17. The van der Waals surface area contributed by atoms with Crippen molar-refractivity contribution in [1.29, 1.82) is 0 Å². The van der Waals surface area contributed by atoms with Gasteiger partial charge in [0, 0.05) is 19.6 Å². The van der Waals surface area contributed by atoms with Crippen molar-refractivity contribution in [3.05, 3.63) is 0 Å². The first-order chi connectivity index (χ1) is 6.58. The molecule has 2 heteroatoms. The summed E-state index contributed by atoms with van der Waals surface area (Å²) in [7, 11) is 1.76. The largest absolute Gasteiger partial charge is 0.377 e. The Kier molecular flexibility index (Phi) is 6.61. The van der Waals surface area contributed by atoms with E-state index in [-0.39, 0.29) is 5.60 Å². The topological polar surface area (TPSA) is 21.3 Å². The molecule has 1 atom stereocenters. The molecule has 0 aromatic heterocycles. The minimum Gasteiger partial charge on any atom is -0.377 e. The van der Waals surface area contributed by atoms with Gasteiger partial charge in [-0.15, -0.1) is 11.8 Å². The molecule has 0 rings (SSSR count). The first kappa shape index (κ1) is 13.5. The van der Waals surface area contributed by atoms with E-state index >= 15 is 0 Å². The van der Waals surface area contributed by atoms with E-state index in [1.807, 2.05) is 6.92 Å². The van der Waals surface area contributed by atoms with Crippen LogP contribution in [0.5, 0.6) is 0 Å². The van der Waals surface area contributed by atoms with Crippen molar-refractivity contribution < 1.29 is 4.74 Å². The summed E-state index contributed by atoms with van der Waals surface area (Å²) in [6.07, 6.45) is 1.97. The summed E-state index contributed by atoms with van der Waals surface area (Å²) in [5.74, 6) is 6.00. The van der Waals surface area contributed by atoms with Crippen molar-refractivity contribution >= 4 is 0 Å². The summed E-state index contributed by atoms with van der Waals surface area (Å²) < 4.78 is 5.47. The van der Waals surface area contributed by atoms with Crippen molar-refractivity contribution in [3.63, 3.8) is 0 Å². The quantitative estimate of drug-likeness (QED) is 0.659. The Hall–Kier alpha value is -0.520. The molecular formula is C12H23NO. The van der Waals surface area contributed by atoms with E-state index in [0.717, 1.165) is 19.4 Å². The minimum absolute atomic E-state index is 0.120. The molecule has 0 bridgehead atoms. The van der Waals surface area contributed by atoms with E-state index in [9.17, 15) is 0 Å². The molecule has 0 aromatic rings. The molecule has 0 aromatic carbocycles. The van der Waals surface area contributed by atoms with Gasteiger partial charge in [-0.1, -0.05) is 6.92 Å². The lowest BCUT2D eigenvalue weighted by atomic mass is 9.94. The fourth-order valence-electron chi connectivity index (χ4n) is 1.43. The SMILES string of the molecule is CC#CCCC(NCC)C(C)(C)OC. The van der Waals surface area contributed by atoms with Crippen LogP contribution in [-0.2, 0) is 4.74 Å². The van der Waals surface area contributed by atoms with E-state index < -0.39 is 0 Å². The van der Waals surface area contributed by atoms with Crippen LogP contribution in [0.2, 0.25) is 0 Å². The van der Waals surface area contributed by atoms with Crippen LogP contribution in [0.3, 0.4) is 0 Å². The predicted molar refractivity (Wildman–Crippen MR) is 61.2 cm³/mol. The Balaban J connectivity index is 4.18. The average molecular weight is 197 g/mol. The Morgan fingerprint density at radius 3 is 2.50 bits per heavy atom. The summed E-state index contributed by atoms with van der Waals surface area (Å²) >= 11 is 0. The molecule has 0 aliphatic carbocycles. The summed E-state index contributed by atoms with van der Waals surface area (Å²) in [6, 6.07) is 0.373. The molecule has 0 heterocycles. The molecule has 1 N–H and O–H groups in total. The Morgan fingerprint density at radius 2 is 2.07 bits per heavy atom. The molecule has 2 nitrogen and oxygen atoms in total. The van der Waals surface area contributed by atoms with Crippen LogP contribution in [-0.4, -0.2) is 25.3 Å². The minimum atomic E-state index is -0.120. The number of ether oxygens (including phenoxy) is 1. The molecular weight excluding hydrogens is 174 g/mol. The number of hydrogen-bond donors (Lipinski definition) is 1. The third-order valence-electron chi connectivity index (χ3n) is 2.55. The van der Waals surface area contributed by atoms with Crippen LogP contribution < -0.4 is 5.32 Å². The molecule has 0 spiro atoms. The van der Waals surface area contributed by atoms with Gasteiger partial charge in [-0.3, -0.25) is 0 Å². The summed E-state index contributed by atoms with van der Waals surface area (Å²) in [5.41, 5.74) is -0.120. The molecule has 0 saturated carbocycles. The molecule has 0 amide bonds. The van der Waals surface area contributed by atoms with Crippen LogP contribution in [0.15, 0.2) is 0 Å². The van der Waals surface area contributed by atoms with Gasteiger partial charge in [-0.25, -0.2) is 0 Å². The number of rotatable bonds is 6. The number of nitrogens with one attached hydrogen (secondary N) is 1. The van der Waals surface area contributed by atoms with Crippen molar-refractivity contribution in [1.82, 2.24) is 5.32 Å². The van der Waals surface area contributed by atoms with Gasteiger partial charge in [0.15, 0.2) is 0 Å². The Morgan fingerprint density at radius 1 is 1.43 bits per heavy atom. The van der Waals surface area contributed by atoms with Gasteiger partial charge in [-0.05, 0) is 33.7 Å². The number of likely N-dealkylation sites (N-methyl/N-ethyl adjacent to an activating group) is 1. The molecule has 1 unspecified atom stereocenters. The molecule has 0 aliphatic heterocycles. The molecule has 14 heavy (non-hydrogen) atoms. The maximum Gasteiger partial charge on any atom is 0.0775 e. The summed E-state index contributed by atoms with van der Waals surface area (Å²) in [4.78, 5) is 0. The number of methoxy groups -OCH3 is 1. The van der Waals surface area contributed by atoms with Gasteiger partial charge in [0.05, 0.1) is 5.60 Å². The maximum absolute atomic E-state index is 5.47. The highest BCUT2D eigenvalue weighted by Gasteiger charge is 2.27. The Labute approximate surface area is 88.4 Å². The third-order valence-corrected chi connectivity index (χ3v) is 2.55. The second-order valence-corrected chi connectivity index (χ2v) is 3.88. The van der Waals surface area contributed by atoms with E-state index in [2.05, 4.69) is 37.9 Å². The van der Waals surface area contributed by atoms with Gasteiger partial charge < -0.3 is 10.1 Å². The standard InChI is InChI=1S/C12H23NO/c1-6-8-9-10-11(13-7-2)12(3,4)14-5/h11,13H,7,9-10H2,1-5H3. The van der Waals surface area contributed by atoms with Gasteiger partial charge in [0.2, 0.25) is 0 Å². The first-order valence-electron chi connectivity index (χ1n) is 5.26. The van der Waals surface area contributed by atoms with Crippen molar-refractivity contribution in [3.8, 4) is 11.8 Å². The smallest absolute Gasteiger partial charge is 0.0775 e. The van der Waals surface area contributed by atoms with Crippen LogP contribution in [0.1, 0.15) is 40.5 Å².